The summed E-state index contributed by atoms with van der Waals surface area (Å²) in [6, 6.07) is 0. The summed E-state index contributed by atoms with van der Waals surface area (Å²) in [5.74, 6) is 0.563. The molecule has 1 aliphatic rings. The monoisotopic (exact) mass is 240 g/mol. The highest BCUT2D eigenvalue weighted by Crippen LogP contribution is 2.46. The third-order valence-electron chi connectivity index (χ3n) is 4.75. The summed E-state index contributed by atoms with van der Waals surface area (Å²) in [5, 5.41) is 9.69. The molecule has 2 nitrogen and oxygen atoms in total. The van der Waals surface area contributed by atoms with E-state index < -0.39 is 11.4 Å². The molecule has 0 radical (unpaired) electrons. The van der Waals surface area contributed by atoms with Crippen molar-refractivity contribution in [1.82, 2.24) is 0 Å². The maximum Gasteiger partial charge on any atom is 0.309 e. The quantitative estimate of drug-likeness (QED) is 0.743. The average Bonchev–Trinajstić information content (AvgIpc) is 2.30. The first-order chi connectivity index (χ1) is 8.06. The van der Waals surface area contributed by atoms with Gasteiger partial charge in [0.25, 0.3) is 0 Å². The number of unbranched alkanes of at least 4 members (excludes halogenated alkanes) is 1. The number of aliphatic carboxylic acids is 1. The van der Waals surface area contributed by atoms with Crippen molar-refractivity contribution in [3.8, 4) is 0 Å². The van der Waals surface area contributed by atoms with Gasteiger partial charge in [0, 0.05) is 0 Å². The van der Waals surface area contributed by atoms with Gasteiger partial charge in [-0.2, -0.15) is 0 Å². The van der Waals surface area contributed by atoms with Crippen LogP contribution in [0.4, 0.5) is 0 Å². The third kappa shape index (κ3) is 3.23. The lowest BCUT2D eigenvalue weighted by Crippen LogP contribution is -2.40. The first-order valence-corrected chi connectivity index (χ1v) is 7.30. The first-order valence-electron chi connectivity index (χ1n) is 7.30. The molecule has 0 bridgehead atoms. The van der Waals surface area contributed by atoms with E-state index in [0.29, 0.717) is 11.8 Å². The normalized spacial score (nSPS) is 28.6. The van der Waals surface area contributed by atoms with Crippen LogP contribution in [0.3, 0.4) is 0 Å². The molecule has 1 saturated carbocycles. The first kappa shape index (κ1) is 14.5. The third-order valence-corrected chi connectivity index (χ3v) is 4.75. The molecule has 1 fully saturated rings. The molecule has 2 heteroatoms. The highest BCUT2D eigenvalue weighted by atomic mass is 16.4. The Balaban J connectivity index is 2.82. The number of carbonyl (C=O) groups is 1. The van der Waals surface area contributed by atoms with Crippen molar-refractivity contribution < 1.29 is 9.90 Å². The molecule has 1 rings (SSSR count). The van der Waals surface area contributed by atoms with Crippen LogP contribution in [0.1, 0.15) is 72.1 Å². The lowest BCUT2D eigenvalue weighted by molar-refractivity contribution is -0.155. The molecule has 17 heavy (non-hydrogen) atoms. The van der Waals surface area contributed by atoms with E-state index in [9.17, 15) is 9.90 Å². The molecule has 0 saturated heterocycles. The van der Waals surface area contributed by atoms with Crippen molar-refractivity contribution in [2.45, 2.75) is 72.1 Å². The Morgan fingerprint density at radius 3 is 2.53 bits per heavy atom. The van der Waals surface area contributed by atoms with Gasteiger partial charge in [-0.1, -0.05) is 46.5 Å². The van der Waals surface area contributed by atoms with Crippen LogP contribution in [0.25, 0.3) is 0 Å². The Bertz CT molecular complexity index is 249. The lowest BCUT2D eigenvalue weighted by atomic mass is 9.63. The summed E-state index contributed by atoms with van der Waals surface area (Å²) in [5.41, 5.74) is -0.440. The summed E-state index contributed by atoms with van der Waals surface area (Å²) in [7, 11) is 0. The molecule has 0 aromatic heterocycles. The van der Waals surface area contributed by atoms with Gasteiger partial charge in [0.05, 0.1) is 5.41 Å². The van der Waals surface area contributed by atoms with E-state index in [1.165, 1.54) is 12.8 Å². The minimum absolute atomic E-state index is 0.403. The molecular formula is C15H28O2. The summed E-state index contributed by atoms with van der Waals surface area (Å²) in [6.07, 6.45) is 8.53. The zero-order valence-corrected chi connectivity index (χ0v) is 11.7. The van der Waals surface area contributed by atoms with E-state index in [1.807, 2.05) is 0 Å². The van der Waals surface area contributed by atoms with Gasteiger partial charge in [0.15, 0.2) is 0 Å². The molecule has 1 N–H and O–H groups in total. The van der Waals surface area contributed by atoms with Gasteiger partial charge >= 0.3 is 5.97 Å². The van der Waals surface area contributed by atoms with E-state index in [2.05, 4.69) is 20.8 Å². The lowest BCUT2D eigenvalue weighted by Gasteiger charge is -2.40. The van der Waals surface area contributed by atoms with Gasteiger partial charge in [-0.3, -0.25) is 4.79 Å². The van der Waals surface area contributed by atoms with Crippen molar-refractivity contribution in [1.29, 1.82) is 0 Å². The molecule has 0 aromatic carbocycles. The SMILES string of the molecule is CCCCC(CC)(C(=O)O)C1CCCC(C)C1. The minimum atomic E-state index is -0.549. The molecule has 0 aromatic rings. The van der Waals surface area contributed by atoms with Gasteiger partial charge in [-0.15, -0.1) is 0 Å². The predicted octanol–water partition coefficient (Wildman–Crippen LogP) is 4.48. The smallest absolute Gasteiger partial charge is 0.309 e. The maximum absolute atomic E-state index is 11.8. The second kappa shape index (κ2) is 6.42. The summed E-state index contributed by atoms with van der Waals surface area (Å²) in [6.45, 7) is 6.48. The fourth-order valence-electron chi connectivity index (χ4n) is 3.53. The topological polar surface area (TPSA) is 37.3 Å². The van der Waals surface area contributed by atoms with E-state index in [1.54, 1.807) is 0 Å². The molecule has 3 unspecified atom stereocenters. The van der Waals surface area contributed by atoms with Gasteiger partial charge in [0.2, 0.25) is 0 Å². The van der Waals surface area contributed by atoms with Gasteiger partial charge in [-0.05, 0) is 37.5 Å². The molecule has 0 aliphatic heterocycles. The largest absolute Gasteiger partial charge is 0.481 e. The zero-order valence-electron chi connectivity index (χ0n) is 11.7. The van der Waals surface area contributed by atoms with Gasteiger partial charge in [0.1, 0.15) is 0 Å². The van der Waals surface area contributed by atoms with Crippen molar-refractivity contribution in [2.75, 3.05) is 0 Å². The van der Waals surface area contributed by atoms with E-state index in [4.69, 9.17) is 0 Å². The summed E-state index contributed by atoms with van der Waals surface area (Å²) < 4.78 is 0. The molecule has 0 spiro atoms. The molecule has 0 heterocycles. The number of rotatable bonds is 6. The number of hydrogen-bond donors (Lipinski definition) is 1. The Hall–Kier alpha value is -0.530. The molecular weight excluding hydrogens is 212 g/mol. The molecule has 0 amide bonds. The van der Waals surface area contributed by atoms with Crippen LogP contribution < -0.4 is 0 Å². The van der Waals surface area contributed by atoms with Crippen molar-refractivity contribution >= 4 is 5.97 Å². The van der Waals surface area contributed by atoms with E-state index in [0.717, 1.165) is 38.5 Å². The fraction of sp³-hybridized carbons (Fsp3) is 0.933. The Morgan fingerprint density at radius 1 is 1.35 bits per heavy atom. The van der Waals surface area contributed by atoms with Crippen LogP contribution in [0, 0.1) is 17.3 Å². The Kier molecular flexibility index (Phi) is 5.48. The number of carboxylic acids is 1. The van der Waals surface area contributed by atoms with Crippen LogP contribution in [0.2, 0.25) is 0 Å². The average molecular weight is 240 g/mol. The summed E-state index contributed by atoms with van der Waals surface area (Å²) in [4.78, 5) is 11.8. The van der Waals surface area contributed by atoms with Crippen molar-refractivity contribution in [3.05, 3.63) is 0 Å². The van der Waals surface area contributed by atoms with Crippen molar-refractivity contribution in [2.24, 2.45) is 17.3 Å². The minimum Gasteiger partial charge on any atom is -0.481 e. The Morgan fingerprint density at radius 2 is 2.06 bits per heavy atom. The fourth-order valence-corrected chi connectivity index (χ4v) is 3.53. The van der Waals surface area contributed by atoms with Crippen LogP contribution in [-0.2, 0) is 4.79 Å². The molecule has 3 atom stereocenters. The van der Waals surface area contributed by atoms with E-state index in [-0.39, 0.29) is 0 Å². The summed E-state index contributed by atoms with van der Waals surface area (Å²) >= 11 is 0. The maximum atomic E-state index is 11.8. The highest BCUT2D eigenvalue weighted by Gasteiger charge is 2.44. The van der Waals surface area contributed by atoms with Gasteiger partial charge < -0.3 is 5.11 Å². The van der Waals surface area contributed by atoms with Crippen molar-refractivity contribution in [3.63, 3.8) is 0 Å². The second-order valence-corrected chi connectivity index (χ2v) is 5.89. The van der Waals surface area contributed by atoms with Crippen LogP contribution in [-0.4, -0.2) is 11.1 Å². The molecule has 100 valence electrons. The van der Waals surface area contributed by atoms with Gasteiger partial charge in [-0.25, -0.2) is 0 Å². The van der Waals surface area contributed by atoms with Crippen LogP contribution in [0.15, 0.2) is 0 Å². The number of hydrogen-bond acceptors (Lipinski definition) is 1. The molecule has 1 aliphatic carbocycles. The Labute approximate surface area is 106 Å². The highest BCUT2D eigenvalue weighted by molar-refractivity contribution is 5.75. The van der Waals surface area contributed by atoms with Crippen LogP contribution in [0.5, 0.6) is 0 Å². The number of carboxylic acid groups (broad SMARTS) is 1. The van der Waals surface area contributed by atoms with Crippen LogP contribution >= 0.6 is 0 Å². The second-order valence-electron chi connectivity index (χ2n) is 5.89. The standard InChI is InChI=1S/C15H28O2/c1-4-6-10-15(5-2,14(16)17)13-9-7-8-12(3)11-13/h12-13H,4-11H2,1-3H3,(H,16,17). The zero-order chi connectivity index (χ0) is 12.9. The predicted molar refractivity (Wildman–Crippen MR) is 71.0 cm³/mol. The van der Waals surface area contributed by atoms with E-state index >= 15 is 0 Å².